The van der Waals surface area contributed by atoms with Crippen LogP contribution in [0.2, 0.25) is 0 Å². The Kier molecular flexibility index (Phi) is 6.72. The van der Waals surface area contributed by atoms with E-state index >= 15 is 0 Å². The highest BCUT2D eigenvalue weighted by molar-refractivity contribution is 6.17. The second-order valence-electron chi connectivity index (χ2n) is 8.35. The molecule has 0 amide bonds. The van der Waals surface area contributed by atoms with Crippen molar-refractivity contribution in [1.82, 2.24) is 0 Å². The number of aryl methyl sites for hydroxylation is 1. The van der Waals surface area contributed by atoms with Gasteiger partial charge in [-0.1, -0.05) is 109 Å². The molecule has 5 aromatic carbocycles. The Hall–Kier alpha value is -4.56. The fourth-order valence-corrected chi connectivity index (χ4v) is 4.11. The molecule has 0 fully saturated rings. The summed E-state index contributed by atoms with van der Waals surface area (Å²) in [5.74, 6) is 0. The van der Waals surface area contributed by atoms with Gasteiger partial charge in [0.1, 0.15) is 0 Å². The highest BCUT2D eigenvalue weighted by atomic mass is 14.8. The molecule has 0 aliphatic heterocycles. The lowest BCUT2D eigenvalue weighted by atomic mass is 9.93. The molecule has 0 aromatic heterocycles. The Bertz CT molecular complexity index is 1450. The maximum Gasteiger partial charge on any atom is 0.0784 e. The largest absolute Gasteiger partial charge is 0.248 e. The second-order valence-corrected chi connectivity index (χ2v) is 8.35. The second kappa shape index (κ2) is 10.6. The van der Waals surface area contributed by atoms with Gasteiger partial charge in [-0.15, -0.1) is 0 Å². The van der Waals surface area contributed by atoms with E-state index in [9.17, 15) is 0 Å². The van der Waals surface area contributed by atoms with E-state index in [1.807, 2.05) is 72.8 Å². The Balaban J connectivity index is 1.62. The van der Waals surface area contributed by atoms with Crippen LogP contribution >= 0.6 is 0 Å². The fourth-order valence-electron chi connectivity index (χ4n) is 4.11. The van der Waals surface area contributed by atoms with E-state index in [1.54, 1.807) is 0 Å². The summed E-state index contributed by atoms with van der Waals surface area (Å²) in [7, 11) is 0. The van der Waals surface area contributed by atoms with Crippen LogP contribution in [-0.2, 0) is 0 Å². The molecular weight excluding hydrogens is 424 g/mol. The maximum atomic E-state index is 5.05. The fraction of sp³-hybridized carbons (Fsp3) is 0.0303. The highest BCUT2D eigenvalue weighted by Gasteiger charge is 2.14. The summed E-state index contributed by atoms with van der Waals surface area (Å²) in [6, 6.07) is 47.5. The minimum atomic E-state index is 0.934. The van der Waals surface area contributed by atoms with Crippen LogP contribution in [0.3, 0.4) is 0 Å². The van der Waals surface area contributed by atoms with Crippen LogP contribution < -0.4 is 0 Å². The monoisotopic (exact) mass is 450 g/mol. The van der Waals surface area contributed by atoms with Crippen LogP contribution in [0.1, 0.15) is 27.8 Å². The lowest BCUT2D eigenvalue weighted by Crippen LogP contribution is -2.08. The van der Waals surface area contributed by atoms with Gasteiger partial charge in [-0.25, -0.2) is 9.98 Å². The first-order chi connectivity index (χ1) is 17.3. The van der Waals surface area contributed by atoms with Gasteiger partial charge in [-0.05, 0) is 42.8 Å². The Morgan fingerprint density at radius 2 is 0.857 bits per heavy atom. The van der Waals surface area contributed by atoms with Crippen molar-refractivity contribution < 1.29 is 0 Å². The number of rotatable bonds is 6. The van der Waals surface area contributed by atoms with E-state index in [0.717, 1.165) is 50.6 Å². The van der Waals surface area contributed by atoms with E-state index in [4.69, 9.17) is 9.98 Å². The van der Waals surface area contributed by atoms with E-state index in [-0.39, 0.29) is 0 Å². The zero-order valence-electron chi connectivity index (χ0n) is 19.7. The molecule has 0 aliphatic rings. The molecule has 0 bridgehead atoms. The van der Waals surface area contributed by atoms with E-state index < -0.39 is 0 Å². The lowest BCUT2D eigenvalue weighted by Gasteiger charge is -2.14. The van der Waals surface area contributed by atoms with Gasteiger partial charge in [-0.3, -0.25) is 0 Å². The first-order valence-corrected chi connectivity index (χ1v) is 11.8. The molecule has 2 heteroatoms. The Morgan fingerprint density at radius 3 is 1.34 bits per heavy atom. The lowest BCUT2D eigenvalue weighted by molar-refractivity contribution is 1.39. The average molecular weight is 451 g/mol. The van der Waals surface area contributed by atoms with Crippen molar-refractivity contribution in [3.8, 4) is 0 Å². The van der Waals surface area contributed by atoms with Gasteiger partial charge in [0.15, 0.2) is 0 Å². The average Bonchev–Trinajstić information content (AvgIpc) is 2.93. The minimum absolute atomic E-state index is 0.934. The van der Waals surface area contributed by atoms with Gasteiger partial charge < -0.3 is 0 Å². The van der Waals surface area contributed by atoms with Crippen LogP contribution in [0.15, 0.2) is 150 Å². The van der Waals surface area contributed by atoms with Crippen molar-refractivity contribution in [2.24, 2.45) is 9.98 Å². The van der Waals surface area contributed by atoms with Crippen molar-refractivity contribution >= 4 is 22.8 Å². The molecule has 35 heavy (non-hydrogen) atoms. The van der Waals surface area contributed by atoms with E-state index in [0.29, 0.717) is 0 Å². The minimum Gasteiger partial charge on any atom is -0.248 e. The van der Waals surface area contributed by atoms with Crippen molar-refractivity contribution in [3.63, 3.8) is 0 Å². The third-order valence-corrected chi connectivity index (χ3v) is 5.84. The smallest absolute Gasteiger partial charge is 0.0784 e. The maximum absolute atomic E-state index is 5.05. The Morgan fingerprint density at radius 1 is 0.429 bits per heavy atom. The number of hydrogen-bond donors (Lipinski definition) is 0. The normalized spacial score (nSPS) is 11.9. The van der Waals surface area contributed by atoms with Gasteiger partial charge in [0, 0.05) is 22.3 Å². The van der Waals surface area contributed by atoms with Gasteiger partial charge in [0.25, 0.3) is 0 Å². The molecule has 0 saturated carbocycles. The molecule has 0 aliphatic carbocycles. The molecule has 0 saturated heterocycles. The standard InChI is InChI=1S/C33H26N2/c1-25-24-28(32(26-14-6-2-7-15-26)34-29-18-10-4-11-19-29)22-23-31(25)33(27-16-8-3-9-17-27)35-30-20-12-5-13-21-30/h2-24H,1H3/b34-32+,35-33+. The van der Waals surface area contributed by atoms with Crippen molar-refractivity contribution in [1.29, 1.82) is 0 Å². The SMILES string of the molecule is Cc1cc(/C(=N/c2ccccc2)c2ccccc2)ccc1/C(=N/c1ccccc1)c1ccccc1. The third-order valence-electron chi connectivity index (χ3n) is 5.84. The number of benzene rings is 5. The van der Waals surface area contributed by atoms with Crippen LogP contribution in [0, 0.1) is 6.92 Å². The number of para-hydroxylation sites is 2. The molecule has 5 rings (SSSR count). The zero-order chi connectivity index (χ0) is 23.9. The van der Waals surface area contributed by atoms with Gasteiger partial charge in [-0.2, -0.15) is 0 Å². The number of nitrogens with zero attached hydrogens (tertiary/aromatic N) is 2. The van der Waals surface area contributed by atoms with Crippen LogP contribution in [0.5, 0.6) is 0 Å². The van der Waals surface area contributed by atoms with Crippen LogP contribution in [0.25, 0.3) is 0 Å². The van der Waals surface area contributed by atoms with Crippen molar-refractivity contribution in [3.05, 3.63) is 167 Å². The molecule has 0 spiro atoms. The summed E-state index contributed by atoms with van der Waals surface area (Å²) in [5, 5.41) is 0. The molecule has 0 radical (unpaired) electrons. The summed E-state index contributed by atoms with van der Waals surface area (Å²) in [6.07, 6.45) is 0. The molecule has 0 atom stereocenters. The van der Waals surface area contributed by atoms with Gasteiger partial charge >= 0.3 is 0 Å². The summed E-state index contributed by atoms with van der Waals surface area (Å²) in [4.78, 5) is 10.1. The number of aliphatic imine (C=N–C) groups is 2. The predicted octanol–water partition coefficient (Wildman–Crippen LogP) is 8.33. The van der Waals surface area contributed by atoms with Crippen molar-refractivity contribution in [2.45, 2.75) is 6.92 Å². The zero-order valence-corrected chi connectivity index (χ0v) is 19.7. The van der Waals surface area contributed by atoms with Crippen LogP contribution in [-0.4, -0.2) is 11.4 Å². The summed E-state index contributed by atoms with van der Waals surface area (Å²) in [6.45, 7) is 2.15. The highest BCUT2D eigenvalue weighted by Crippen LogP contribution is 2.24. The first kappa shape index (κ1) is 22.2. The molecular formula is C33H26N2. The van der Waals surface area contributed by atoms with Gasteiger partial charge in [0.05, 0.1) is 22.8 Å². The molecule has 2 nitrogen and oxygen atoms in total. The Labute approximate surface area is 207 Å². The molecule has 5 aromatic rings. The van der Waals surface area contributed by atoms with Crippen LogP contribution in [0.4, 0.5) is 11.4 Å². The summed E-state index contributed by atoms with van der Waals surface area (Å²) < 4.78 is 0. The summed E-state index contributed by atoms with van der Waals surface area (Å²) in [5.41, 5.74) is 9.30. The third kappa shape index (κ3) is 5.34. The molecule has 0 unspecified atom stereocenters. The van der Waals surface area contributed by atoms with Gasteiger partial charge in [0.2, 0.25) is 0 Å². The molecule has 168 valence electrons. The predicted molar refractivity (Wildman–Crippen MR) is 148 cm³/mol. The molecule has 0 heterocycles. The number of hydrogen-bond acceptors (Lipinski definition) is 2. The first-order valence-electron chi connectivity index (χ1n) is 11.8. The molecule has 0 N–H and O–H groups in total. The quantitative estimate of drug-likeness (QED) is 0.232. The topological polar surface area (TPSA) is 24.7 Å². The van der Waals surface area contributed by atoms with E-state index in [1.165, 1.54) is 0 Å². The summed E-state index contributed by atoms with van der Waals surface area (Å²) >= 11 is 0. The van der Waals surface area contributed by atoms with Crippen molar-refractivity contribution in [2.75, 3.05) is 0 Å². The van der Waals surface area contributed by atoms with E-state index in [2.05, 4.69) is 73.7 Å².